The van der Waals surface area contributed by atoms with E-state index in [0.717, 1.165) is 0 Å². The van der Waals surface area contributed by atoms with Crippen LogP contribution in [0.1, 0.15) is 33.4 Å². The smallest absolute Gasteiger partial charge is 0.268 e. The van der Waals surface area contributed by atoms with E-state index < -0.39 is 11.1 Å². The molecule has 2 heterocycles. The Morgan fingerprint density at radius 2 is 1.21 bits per heavy atom. The zero-order valence-electron chi connectivity index (χ0n) is 15.1. The fourth-order valence-electron chi connectivity index (χ4n) is 2.45. The van der Waals surface area contributed by atoms with Crippen LogP contribution in [-0.2, 0) is 0 Å². The highest BCUT2D eigenvalue weighted by molar-refractivity contribution is 5.86. The summed E-state index contributed by atoms with van der Waals surface area (Å²) in [5, 5.41) is 37.6. The number of hydrogen-bond acceptors (Lipinski definition) is 8. The lowest BCUT2D eigenvalue weighted by Gasteiger charge is -2.04. The van der Waals surface area contributed by atoms with Crippen molar-refractivity contribution in [2.24, 2.45) is 9.98 Å². The maximum atomic E-state index is 11.6. The molecule has 0 bridgehead atoms. The number of nitriles is 2. The minimum absolute atomic E-state index is 0.102. The highest BCUT2D eigenvalue weighted by Crippen LogP contribution is 2.17. The molecule has 4 N–H and O–H groups in total. The highest BCUT2D eigenvalue weighted by Gasteiger charge is 2.13. The molecule has 0 spiro atoms. The zero-order valence-corrected chi connectivity index (χ0v) is 15.1. The summed E-state index contributed by atoms with van der Waals surface area (Å²) in [4.78, 5) is 35.6. The molecule has 10 nitrogen and oxygen atoms in total. The maximum absolute atomic E-state index is 11.6. The highest BCUT2D eigenvalue weighted by atomic mass is 16.3. The fraction of sp³-hybridized carbons (Fsp3) is 0.222. The van der Waals surface area contributed by atoms with Gasteiger partial charge >= 0.3 is 0 Å². The first-order valence-electron chi connectivity index (χ1n) is 8.03. The van der Waals surface area contributed by atoms with Crippen LogP contribution in [0, 0.1) is 36.5 Å². The number of aromatic hydroxyl groups is 2. The second-order valence-electron chi connectivity index (χ2n) is 5.73. The second kappa shape index (κ2) is 8.47. The number of H-pyrrole nitrogens is 2. The molecule has 2 aromatic heterocycles. The van der Waals surface area contributed by atoms with E-state index in [9.17, 15) is 19.8 Å². The minimum atomic E-state index is -0.674. The standard InChI is InChI=1S/C18H16N6O4/c1-9-11(5-19)15(25)23-17(27)13(9)7-21-3-4-22-8-14-10(2)12(6-20)16(26)24-18(14)28/h7-8H,3-4H2,1-2H3,(H2,23,25,27)(H2,24,26,28). The second-order valence-corrected chi connectivity index (χ2v) is 5.73. The molecule has 10 heteroatoms. The first-order chi connectivity index (χ1) is 13.3. The van der Waals surface area contributed by atoms with Crippen LogP contribution in [0.25, 0.3) is 0 Å². The van der Waals surface area contributed by atoms with E-state index in [-0.39, 0.29) is 47.1 Å². The molecule has 28 heavy (non-hydrogen) atoms. The Balaban J connectivity index is 2.13. The minimum Gasteiger partial charge on any atom is -0.494 e. The molecule has 0 amide bonds. The quantitative estimate of drug-likeness (QED) is 0.430. The van der Waals surface area contributed by atoms with Crippen molar-refractivity contribution in [3.63, 3.8) is 0 Å². The van der Waals surface area contributed by atoms with Crippen LogP contribution >= 0.6 is 0 Å². The van der Waals surface area contributed by atoms with Gasteiger partial charge in [-0.15, -0.1) is 0 Å². The Labute approximate surface area is 158 Å². The Morgan fingerprint density at radius 3 is 1.54 bits per heavy atom. The number of rotatable bonds is 5. The van der Waals surface area contributed by atoms with E-state index in [2.05, 4.69) is 20.0 Å². The summed E-state index contributed by atoms with van der Waals surface area (Å²) < 4.78 is 0. The molecule has 142 valence electrons. The molecule has 0 unspecified atom stereocenters. The lowest BCUT2D eigenvalue weighted by atomic mass is 10.1. The summed E-state index contributed by atoms with van der Waals surface area (Å²) in [6, 6.07) is 3.54. The molecule has 0 aliphatic rings. The van der Waals surface area contributed by atoms with Gasteiger partial charge in [0.15, 0.2) is 0 Å². The van der Waals surface area contributed by atoms with Crippen LogP contribution in [-0.4, -0.2) is 45.7 Å². The van der Waals surface area contributed by atoms with Gasteiger partial charge in [0.25, 0.3) is 11.1 Å². The molecule has 0 radical (unpaired) electrons. The first-order valence-corrected chi connectivity index (χ1v) is 8.03. The summed E-state index contributed by atoms with van der Waals surface area (Å²) in [5.74, 6) is -0.766. The van der Waals surface area contributed by atoms with Crippen LogP contribution in [0.15, 0.2) is 19.6 Å². The van der Waals surface area contributed by atoms with Crippen LogP contribution in [0.5, 0.6) is 11.8 Å². The zero-order chi connectivity index (χ0) is 20.8. The number of pyridine rings is 2. The summed E-state index contributed by atoms with van der Waals surface area (Å²) in [6.45, 7) is 3.48. The molecule has 2 aromatic rings. The molecular weight excluding hydrogens is 364 g/mol. The number of aromatic amines is 2. The molecule has 0 saturated carbocycles. The van der Waals surface area contributed by atoms with Crippen molar-refractivity contribution in [1.82, 2.24) is 9.97 Å². The van der Waals surface area contributed by atoms with Gasteiger partial charge in [-0.2, -0.15) is 10.5 Å². The van der Waals surface area contributed by atoms with Crippen molar-refractivity contribution in [3.8, 4) is 23.9 Å². The van der Waals surface area contributed by atoms with Gasteiger partial charge < -0.3 is 10.2 Å². The Kier molecular flexibility index (Phi) is 6.09. The molecule has 0 aliphatic carbocycles. The van der Waals surface area contributed by atoms with E-state index in [4.69, 9.17) is 10.5 Å². The van der Waals surface area contributed by atoms with Gasteiger partial charge in [-0.1, -0.05) is 0 Å². The molecule has 0 aromatic carbocycles. The predicted octanol–water partition coefficient (Wildman–Crippen LogP) is 0.373. The molecule has 0 saturated heterocycles. The van der Waals surface area contributed by atoms with Crippen molar-refractivity contribution in [3.05, 3.63) is 54.1 Å². The molecule has 0 aliphatic heterocycles. The predicted molar refractivity (Wildman–Crippen MR) is 101 cm³/mol. The van der Waals surface area contributed by atoms with Crippen molar-refractivity contribution in [2.75, 3.05) is 13.1 Å². The van der Waals surface area contributed by atoms with Crippen LogP contribution in [0.4, 0.5) is 0 Å². The van der Waals surface area contributed by atoms with E-state index in [1.54, 1.807) is 12.1 Å². The lowest BCUT2D eigenvalue weighted by molar-refractivity contribution is 0.449. The van der Waals surface area contributed by atoms with Crippen LogP contribution in [0.2, 0.25) is 0 Å². The fourth-order valence-corrected chi connectivity index (χ4v) is 2.45. The molecule has 0 fully saturated rings. The number of nitrogens with zero attached hydrogens (tertiary/aromatic N) is 4. The van der Waals surface area contributed by atoms with Gasteiger partial charge in [-0.25, -0.2) is 0 Å². The molecule has 2 rings (SSSR count). The van der Waals surface area contributed by atoms with Crippen molar-refractivity contribution in [2.45, 2.75) is 13.8 Å². The number of hydrogen-bond donors (Lipinski definition) is 4. The monoisotopic (exact) mass is 380 g/mol. The van der Waals surface area contributed by atoms with Gasteiger partial charge in [0, 0.05) is 12.4 Å². The summed E-state index contributed by atoms with van der Waals surface area (Å²) in [5.41, 5.74) is -0.466. The summed E-state index contributed by atoms with van der Waals surface area (Å²) >= 11 is 0. The number of aromatic nitrogens is 2. The van der Waals surface area contributed by atoms with E-state index in [1.807, 2.05) is 0 Å². The van der Waals surface area contributed by atoms with Gasteiger partial charge in [0.2, 0.25) is 11.8 Å². The first kappa shape index (κ1) is 20.1. The third kappa shape index (κ3) is 3.97. The Hall–Kier alpha value is -4.18. The van der Waals surface area contributed by atoms with E-state index in [1.165, 1.54) is 26.3 Å². The number of nitrogens with one attached hydrogen (secondary N) is 2. The normalized spacial score (nSPS) is 11.0. The summed E-state index contributed by atoms with van der Waals surface area (Å²) in [7, 11) is 0. The third-order valence-corrected chi connectivity index (χ3v) is 4.01. The van der Waals surface area contributed by atoms with Crippen molar-refractivity contribution < 1.29 is 10.2 Å². The van der Waals surface area contributed by atoms with E-state index >= 15 is 0 Å². The van der Waals surface area contributed by atoms with Gasteiger partial charge in [-0.05, 0) is 25.0 Å². The molecule has 0 atom stereocenters. The lowest BCUT2D eigenvalue weighted by Crippen LogP contribution is -2.14. The summed E-state index contributed by atoms with van der Waals surface area (Å²) in [6.07, 6.45) is 2.65. The average molecular weight is 380 g/mol. The Morgan fingerprint density at radius 1 is 0.857 bits per heavy atom. The maximum Gasteiger partial charge on any atom is 0.268 e. The van der Waals surface area contributed by atoms with Crippen LogP contribution < -0.4 is 11.1 Å². The van der Waals surface area contributed by atoms with Crippen molar-refractivity contribution >= 4 is 12.4 Å². The van der Waals surface area contributed by atoms with Crippen molar-refractivity contribution in [1.29, 1.82) is 10.5 Å². The SMILES string of the molecule is Cc1c(C=NCCN=Cc2c(O)[nH]c(=O)c(C#N)c2C)c(O)[nH]c(=O)c1C#N. The topological polar surface area (TPSA) is 178 Å². The largest absolute Gasteiger partial charge is 0.494 e. The van der Waals surface area contributed by atoms with Gasteiger partial charge in [0.05, 0.1) is 24.2 Å². The average Bonchev–Trinajstić information content (AvgIpc) is 2.62. The van der Waals surface area contributed by atoms with Crippen LogP contribution in [0.3, 0.4) is 0 Å². The van der Waals surface area contributed by atoms with Gasteiger partial charge in [0.1, 0.15) is 23.3 Å². The van der Waals surface area contributed by atoms with E-state index in [0.29, 0.717) is 11.1 Å². The molecular formula is C18H16N6O4. The number of aliphatic imine (C=N–C) groups is 2. The third-order valence-electron chi connectivity index (χ3n) is 4.01. The Bertz CT molecular complexity index is 1080. The van der Waals surface area contributed by atoms with Gasteiger partial charge in [-0.3, -0.25) is 29.5 Å².